The summed E-state index contributed by atoms with van der Waals surface area (Å²) in [6, 6.07) is 5.59. The highest BCUT2D eigenvalue weighted by atomic mass is 127. The van der Waals surface area contributed by atoms with Gasteiger partial charge in [-0.15, -0.1) is 0 Å². The predicted molar refractivity (Wildman–Crippen MR) is 88.8 cm³/mol. The van der Waals surface area contributed by atoms with Crippen molar-refractivity contribution in [1.29, 1.82) is 0 Å². The number of nitrogens with zero attached hydrogens (tertiary/aromatic N) is 1. The fourth-order valence-corrected chi connectivity index (χ4v) is 2.78. The van der Waals surface area contributed by atoms with Gasteiger partial charge in [-0.2, -0.15) is 0 Å². The monoisotopic (exact) mass is 389 g/mol. The summed E-state index contributed by atoms with van der Waals surface area (Å²) in [6.45, 7) is 4.41. The molecule has 5 nitrogen and oxygen atoms in total. The number of hydrogen-bond donors (Lipinski definition) is 2. The lowest BCUT2D eigenvalue weighted by molar-refractivity contribution is -0.124. The Morgan fingerprint density at radius 2 is 2.40 bits per heavy atom. The van der Waals surface area contributed by atoms with E-state index in [1.807, 2.05) is 30.0 Å². The Kier molecular flexibility index (Phi) is 5.47. The molecule has 20 heavy (non-hydrogen) atoms. The molecule has 0 bridgehead atoms. The number of benzene rings is 1. The lowest BCUT2D eigenvalue weighted by Crippen LogP contribution is -2.54. The zero-order valence-corrected chi connectivity index (χ0v) is 13.7. The summed E-state index contributed by atoms with van der Waals surface area (Å²) in [5, 5.41) is 2.93. The Labute approximate surface area is 133 Å². The number of nitrogen functional groups attached to an aromatic ring is 1. The van der Waals surface area contributed by atoms with Crippen LogP contribution in [0, 0.1) is 3.57 Å². The summed E-state index contributed by atoms with van der Waals surface area (Å²) < 4.78 is 6.54. The third-order valence-corrected chi connectivity index (χ3v) is 3.95. The average Bonchev–Trinajstić information content (AvgIpc) is 2.45. The van der Waals surface area contributed by atoms with Gasteiger partial charge in [0.05, 0.1) is 24.6 Å². The molecule has 2 rings (SSSR count). The first-order valence-corrected chi connectivity index (χ1v) is 7.88. The van der Waals surface area contributed by atoms with Crippen LogP contribution in [-0.4, -0.2) is 38.3 Å². The highest BCUT2D eigenvalue weighted by molar-refractivity contribution is 14.1. The van der Waals surface area contributed by atoms with Gasteiger partial charge >= 0.3 is 0 Å². The number of carbonyl (C=O) groups is 1. The minimum atomic E-state index is -0.308. The van der Waals surface area contributed by atoms with Gasteiger partial charge in [-0.1, -0.05) is 6.92 Å². The van der Waals surface area contributed by atoms with Crippen LogP contribution in [0.15, 0.2) is 18.2 Å². The SMILES string of the molecule is CCCNC(=O)C1COCCN1c1ccc(I)cc1N. The van der Waals surface area contributed by atoms with Crippen LogP contribution < -0.4 is 16.0 Å². The summed E-state index contributed by atoms with van der Waals surface area (Å²) >= 11 is 2.23. The topological polar surface area (TPSA) is 67.6 Å². The smallest absolute Gasteiger partial charge is 0.245 e. The molecule has 110 valence electrons. The molecule has 6 heteroatoms. The van der Waals surface area contributed by atoms with Crippen LogP contribution in [0.5, 0.6) is 0 Å². The van der Waals surface area contributed by atoms with Gasteiger partial charge < -0.3 is 20.7 Å². The van der Waals surface area contributed by atoms with Crippen LogP contribution in [-0.2, 0) is 9.53 Å². The van der Waals surface area contributed by atoms with Crippen LogP contribution in [0.2, 0.25) is 0 Å². The molecule has 0 aromatic heterocycles. The zero-order valence-electron chi connectivity index (χ0n) is 11.6. The van der Waals surface area contributed by atoms with Crippen LogP contribution in [0.25, 0.3) is 0 Å². The van der Waals surface area contributed by atoms with Gasteiger partial charge in [-0.25, -0.2) is 0 Å². The summed E-state index contributed by atoms with van der Waals surface area (Å²) in [7, 11) is 0. The van der Waals surface area contributed by atoms with Gasteiger partial charge in [-0.05, 0) is 47.2 Å². The molecule has 1 unspecified atom stereocenters. The lowest BCUT2D eigenvalue weighted by atomic mass is 10.1. The van der Waals surface area contributed by atoms with E-state index in [9.17, 15) is 4.79 Å². The number of carbonyl (C=O) groups excluding carboxylic acids is 1. The van der Waals surface area contributed by atoms with E-state index in [4.69, 9.17) is 10.5 Å². The molecule has 0 radical (unpaired) electrons. The van der Waals surface area contributed by atoms with Crippen LogP contribution in [0.3, 0.4) is 0 Å². The minimum absolute atomic E-state index is 0.00417. The van der Waals surface area contributed by atoms with Gasteiger partial charge in [0.2, 0.25) is 5.91 Å². The molecule has 1 aromatic rings. The molecule has 1 fully saturated rings. The zero-order chi connectivity index (χ0) is 14.5. The largest absolute Gasteiger partial charge is 0.397 e. The maximum Gasteiger partial charge on any atom is 0.245 e. The molecule has 1 aliphatic heterocycles. The van der Waals surface area contributed by atoms with Crippen molar-refractivity contribution < 1.29 is 9.53 Å². The van der Waals surface area contributed by atoms with E-state index in [1.54, 1.807) is 0 Å². The Bertz CT molecular complexity index is 481. The molecular weight excluding hydrogens is 369 g/mol. The first-order valence-electron chi connectivity index (χ1n) is 6.80. The van der Waals surface area contributed by atoms with E-state index in [0.29, 0.717) is 32.0 Å². The second-order valence-electron chi connectivity index (χ2n) is 4.78. The van der Waals surface area contributed by atoms with E-state index in [-0.39, 0.29) is 11.9 Å². The van der Waals surface area contributed by atoms with Crippen molar-refractivity contribution in [3.63, 3.8) is 0 Å². The van der Waals surface area contributed by atoms with Gasteiger partial charge in [-0.3, -0.25) is 4.79 Å². The number of hydrogen-bond acceptors (Lipinski definition) is 4. The Morgan fingerprint density at radius 3 is 3.10 bits per heavy atom. The van der Waals surface area contributed by atoms with Crippen molar-refractivity contribution >= 4 is 39.9 Å². The van der Waals surface area contributed by atoms with Crippen molar-refractivity contribution in [2.45, 2.75) is 19.4 Å². The summed E-state index contributed by atoms with van der Waals surface area (Å²) in [5.41, 5.74) is 7.70. The molecule has 0 spiro atoms. The Morgan fingerprint density at radius 1 is 1.60 bits per heavy atom. The molecule has 1 aromatic carbocycles. The number of rotatable bonds is 4. The second-order valence-corrected chi connectivity index (χ2v) is 6.02. The highest BCUT2D eigenvalue weighted by Crippen LogP contribution is 2.28. The average molecular weight is 389 g/mol. The van der Waals surface area contributed by atoms with E-state index < -0.39 is 0 Å². The van der Waals surface area contributed by atoms with E-state index in [2.05, 4.69) is 27.9 Å². The van der Waals surface area contributed by atoms with Gasteiger partial charge in [0, 0.05) is 16.7 Å². The van der Waals surface area contributed by atoms with Crippen molar-refractivity contribution in [2.24, 2.45) is 0 Å². The highest BCUT2D eigenvalue weighted by Gasteiger charge is 2.30. The predicted octanol–water partition coefficient (Wildman–Crippen LogP) is 1.60. The van der Waals surface area contributed by atoms with Crippen LogP contribution >= 0.6 is 22.6 Å². The molecular formula is C14H20IN3O2. The van der Waals surface area contributed by atoms with E-state index in [0.717, 1.165) is 15.7 Å². The number of nitrogens with one attached hydrogen (secondary N) is 1. The van der Waals surface area contributed by atoms with Crippen molar-refractivity contribution in [3.8, 4) is 0 Å². The fourth-order valence-electron chi connectivity index (χ4n) is 2.26. The summed E-state index contributed by atoms with van der Waals surface area (Å²) in [4.78, 5) is 14.3. The van der Waals surface area contributed by atoms with E-state index in [1.165, 1.54) is 0 Å². The molecule has 1 heterocycles. The maximum absolute atomic E-state index is 12.2. The molecule has 1 amide bonds. The molecule has 0 saturated carbocycles. The normalized spacial score (nSPS) is 18.9. The first-order chi connectivity index (χ1) is 9.63. The summed E-state index contributed by atoms with van der Waals surface area (Å²) in [5.74, 6) is 0.00417. The second kappa shape index (κ2) is 7.12. The number of anilines is 2. The third kappa shape index (κ3) is 3.54. The molecule has 1 atom stereocenters. The molecule has 3 N–H and O–H groups in total. The van der Waals surface area contributed by atoms with Crippen molar-refractivity contribution in [2.75, 3.05) is 36.9 Å². The van der Waals surface area contributed by atoms with Crippen LogP contribution in [0.1, 0.15) is 13.3 Å². The van der Waals surface area contributed by atoms with Crippen molar-refractivity contribution in [3.05, 3.63) is 21.8 Å². The molecule has 1 aliphatic rings. The minimum Gasteiger partial charge on any atom is -0.397 e. The van der Waals surface area contributed by atoms with Gasteiger partial charge in [0.1, 0.15) is 6.04 Å². The quantitative estimate of drug-likeness (QED) is 0.607. The third-order valence-electron chi connectivity index (χ3n) is 3.28. The van der Waals surface area contributed by atoms with Crippen LogP contribution in [0.4, 0.5) is 11.4 Å². The molecule has 0 aliphatic carbocycles. The standard InChI is InChI=1S/C14H20IN3O2/c1-2-5-17-14(19)13-9-20-7-6-18(13)12-4-3-10(15)8-11(12)16/h3-4,8,13H,2,5-7,9,16H2,1H3,(H,17,19). The Hall–Kier alpha value is -1.02. The number of ether oxygens (including phenoxy) is 1. The number of halogens is 1. The summed E-state index contributed by atoms with van der Waals surface area (Å²) in [6.07, 6.45) is 0.922. The Balaban J connectivity index is 2.19. The fraction of sp³-hybridized carbons (Fsp3) is 0.500. The van der Waals surface area contributed by atoms with Crippen molar-refractivity contribution in [1.82, 2.24) is 5.32 Å². The van der Waals surface area contributed by atoms with Gasteiger partial charge in [0.15, 0.2) is 0 Å². The molecule has 1 saturated heterocycles. The first kappa shape index (κ1) is 15.4. The van der Waals surface area contributed by atoms with E-state index >= 15 is 0 Å². The lowest BCUT2D eigenvalue weighted by Gasteiger charge is -2.37. The maximum atomic E-state index is 12.2. The van der Waals surface area contributed by atoms with Gasteiger partial charge in [0.25, 0.3) is 0 Å². The number of morpholine rings is 1. The number of amides is 1. The number of nitrogens with two attached hydrogens (primary N) is 1.